The number of benzene rings is 3. The number of hydrogen-bond donors (Lipinski definition) is 2. The van der Waals surface area contributed by atoms with Gasteiger partial charge in [-0.25, -0.2) is 9.18 Å². The Balaban J connectivity index is 1.31. The van der Waals surface area contributed by atoms with Crippen molar-refractivity contribution in [2.24, 2.45) is 0 Å². The van der Waals surface area contributed by atoms with Crippen molar-refractivity contribution in [3.63, 3.8) is 0 Å². The van der Waals surface area contributed by atoms with E-state index in [-0.39, 0.29) is 28.9 Å². The number of ether oxygens (including phenoxy) is 2. The Morgan fingerprint density at radius 2 is 1.87 bits per heavy atom. The van der Waals surface area contributed by atoms with Crippen molar-refractivity contribution in [3.8, 4) is 16.9 Å². The Morgan fingerprint density at radius 3 is 2.61 bits per heavy atom. The number of nitrogens with zero attached hydrogens (tertiary/aromatic N) is 2. The van der Waals surface area contributed by atoms with Gasteiger partial charge in [0.2, 0.25) is 5.91 Å². The number of aromatic carboxylic acids is 1. The van der Waals surface area contributed by atoms with Gasteiger partial charge in [0.05, 0.1) is 23.7 Å². The number of rotatable bonds is 11. The molecular weight excluding hydrogens is 676 g/mol. The van der Waals surface area contributed by atoms with Crippen molar-refractivity contribution in [1.82, 2.24) is 9.80 Å². The summed E-state index contributed by atoms with van der Waals surface area (Å²) in [5.74, 6) is -2.68. The van der Waals surface area contributed by atoms with Gasteiger partial charge in [-0.3, -0.25) is 19.4 Å². The lowest BCUT2D eigenvalue weighted by molar-refractivity contribution is -0.122. The number of hydrogen-bond acceptors (Lipinski definition) is 8. The van der Waals surface area contributed by atoms with Crippen LogP contribution in [-0.4, -0.2) is 83.0 Å². The number of halogens is 3. The van der Waals surface area contributed by atoms with Crippen LogP contribution in [0.3, 0.4) is 0 Å². The lowest BCUT2D eigenvalue weighted by Crippen LogP contribution is -2.38. The molecule has 0 saturated carbocycles. The molecule has 46 heavy (non-hydrogen) atoms. The molecule has 2 heterocycles. The first-order valence-corrected chi connectivity index (χ1v) is 16.2. The van der Waals surface area contributed by atoms with Gasteiger partial charge in [-0.05, 0) is 60.2 Å². The number of anilines is 1. The van der Waals surface area contributed by atoms with Crippen LogP contribution in [0.15, 0.2) is 59.5 Å². The van der Waals surface area contributed by atoms with E-state index >= 15 is 0 Å². The van der Waals surface area contributed by atoms with Gasteiger partial charge >= 0.3 is 5.97 Å². The standard InChI is InChI=1S/C32H28Cl2FN3O6S2/c33-21-2-5-25(34)24(17-21)19-1-6-27(44-14-11-37-9-12-43-13-10-37)20(15-19)16-28-30(40)38(32(45)46-28)8-7-29(39)36-22-3-4-23(31(41)42)26(35)18-22/h1-6,15-18H,7-14H2,(H,36,39)(H,41,42). The second-order valence-electron chi connectivity index (χ2n) is 10.3. The van der Waals surface area contributed by atoms with E-state index in [1.165, 1.54) is 11.0 Å². The number of nitrogens with one attached hydrogen (secondary N) is 1. The first kappa shape index (κ1) is 33.8. The van der Waals surface area contributed by atoms with E-state index in [1.54, 1.807) is 24.3 Å². The molecule has 2 amide bonds. The smallest absolute Gasteiger partial charge is 0.338 e. The van der Waals surface area contributed by atoms with Gasteiger partial charge < -0.3 is 19.9 Å². The molecule has 5 rings (SSSR count). The maximum atomic E-state index is 14.0. The predicted molar refractivity (Wildman–Crippen MR) is 181 cm³/mol. The minimum atomic E-state index is -1.41. The SMILES string of the molecule is O=C(CCN1C(=O)C(=Cc2cc(-c3cc(Cl)ccc3Cl)ccc2OCCN2CCOCC2)SC1=S)Nc1ccc(C(=O)O)c(F)c1. The zero-order chi connectivity index (χ0) is 32.8. The molecule has 0 unspecified atom stereocenters. The summed E-state index contributed by atoms with van der Waals surface area (Å²) in [6, 6.07) is 14.0. The number of morpholine rings is 1. The van der Waals surface area contributed by atoms with E-state index in [0.717, 1.165) is 48.1 Å². The summed E-state index contributed by atoms with van der Waals surface area (Å²) in [6.07, 6.45) is 1.58. The van der Waals surface area contributed by atoms with Crippen molar-refractivity contribution in [2.75, 3.05) is 51.3 Å². The molecule has 9 nitrogen and oxygen atoms in total. The minimum absolute atomic E-state index is 0.00933. The first-order chi connectivity index (χ1) is 22.1. The second kappa shape index (κ2) is 15.4. The largest absolute Gasteiger partial charge is 0.492 e. The quantitative estimate of drug-likeness (QED) is 0.172. The Bertz CT molecular complexity index is 1720. The monoisotopic (exact) mass is 703 g/mol. The van der Waals surface area contributed by atoms with Crippen LogP contribution in [0.5, 0.6) is 5.75 Å². The molecule has 2 aliphatic rings. The van der Waals surface area contributed by atoms with E-state index in [2.05, 4.69) is 10.2 Å². The number of carbonyl (C=O) groups is 3. The topological polar surface area (TPSA) is 108 Å². The number of carbonyl (C=O) groups excluding carboxylic acids is 2. The fourth-order valence-electron chi connectivity index (χ4n) is 4.83. The van der Waals surface area contributed by atoms with Crippen molar-refractivity contribution in [1.29, 1.82) is 0 Å². The summed E-state index contributed by atoms with van der Waals surface area (Å²) < 4.78 is 25.9. The number of thioether (sulfide) groups is 1. The molecule has 0 bridgehead atoms. The molecule has 14 heteroatoms. The van der Waals surface area contributed by atoms with Crippen LogP contribution in [0.2, 0.25) is 10.0 Å². The second-order valence-corrected chi connectivity index (χ2v) is 12.8. The lowest BCUT2D eigenvalue weighted by atomic mass is 10.0. The highest BCUT2D eigenvalue weighted by Gasteiger charge is 2.32. The summed E-state index contributed by atoms with van der Waals surface area (Å²) in [5, 5.41) is 12.5. The number of thiocarbonyl (C=S) groups is 1. The van der Waals surface area contributed by atoms with Crippen LogP contribution >= 0.6 is 47.2 Å². The van der Waals surface area contributed by atoms with E-state index in [4.69, 9.17) is 50.0 Å². The third-order valence-electron chi connectivity index (χ3n) is 7.22. The molecule has 2 aliphatic heterocycles. The highest BCUT2D eigenvalue weighted by Crippen LogP contribution is 2.37. The molecule has 2 fully saturated rings. The van der Waals surface area contributed by atoms with Gasteiger partial charge in [0.25, 0.3) is 5.91 Å². The molecular formula is C32H28Cl2FN3O6S2. The maximum absolute atomic E-state index is 14.0. The average molecular weight is 705 g/mol. The highest BCUT2D eigenvalue weighted by atomic mass is 35.5. The van der Waals surface area contributed by atoms with Crippen molar-refractivity contribution >= 4 is 81.0 Å². The van der Waals surface area contributed by atoms with Gasteiger partial charge in [-0.15, -0.1) is 0 Å². The molecule has 0 aliphatic carbocycles. The molecule has 0 spiro atoms. The van der Waals surface area contributed by atoms with E-state index in [9.17, 15) is 18.8 Å². The fraction of sp³-hybridized carbons (Fsp3) is 0.250. The van der Waals surface area contributed by atoms with Gasteiger partial charge in [0.15, 0.2) is 0 Å². The van der Waals surface area contributed by atoms with Crippen LogP contribution < -0.4 is 10.1 Å². The zero-order valence-corrected chi connectivity index (χ0v) is 27.4. The molecule has 0 atom stereocenters. The molecule has 0 radical (unpaired) electrons. The van der Waals surface area contributed by atoms with Gasteiger partial charge in [-0.1, -0.05) is 53.2 Å². The number of amides is 2. The van der Waals surface area contributed by atoms with Gasteiger partial charge in [0, 0.05) is 59.5 Å². The maximum Gasteiger partial charge on any atom is 0.338 e. The lowest BCUT2D eigenvalue weighted by Gasteiger charge is -2.26. The van der Waals surface area contributed by atoms with Crippen LogP contribution in [0.1, 0.15) is 22.3 Å². The molecule has 3 aromatic rings. The molecule has 0 aromatic heterocycles. The van der Waals surface area contributed by atoms with Crippen molar-refractivity contribution in [3.05, 3.63) is 86.5 Å². The van der Waals surface area contributed by atoms with Gasteiger partial charge in [0.1, 0.15) is 22.5 Å². The summed E-state index contributed by atoms with van der Waals surface area (Å²) in [7, 11) is 0. The summed E-state index contributed by atoms with van der Waals surface area (Å²) in [5.41, 5.74) is 1.73. The summed E-state index contributed by atoms with van der Waals surface area (Å²) in [6.45, 7) is 4.16. The Labute approximate surface area is 284 Å². The summed E-state index contributed by atoms with van der Waals surface area (Å²) in [4.78, 5) is 41.0. The highest BCUT2D eigenvalue weighted by molar-refractivity contribution is 8.26. The summed E-state index contributed by atoms with van der Waals surface area (Å²) >= 11 is 19.3. The Kier molecular flexibility index (Phi) is 11.3. The van der Waals surface area contributed by atoms with Gasteiger partial charge in [-0.2, -0.15) is 0 Å². The van der Waals surface area contributed by atoms with Crippen LogP contribution in [-0.2, 0) is 14.3 Å². The van der Waals surface area contributed by atoms with Crippen molar-refractivity contribution < 1.29 is 33.4 Å². The van der Waals surface area contributed by atoms with Crippen molar-refractivity contribution in [2.45, 2.75) is 6.42 Å². The fourth-order valence-corrected chi connectivity index (χ4v) is 6.52. The third kappa shape index (κ3) is 8.44. The van der Waals surface area contributed by atoms with E-state index in [0.29, 0.717) is 52.6 Å². The first-order valence-electron chi connectivity index (χ1n) is 14.2. The predicted octanol–water partition coefficient (Wildman–Crippen LogP) is 6.44. The van der Waals surface area contributed by atoms with Crippen LogP contribution in [0.25, 0.3) is 17.2 Å². The molecule has 2 saturated heterocycles. The number of carboxylic acid groups (broad SMARTS) is 1. The zero-order valence-electron chi connectivity index (χ0n) is 24.3. The minimum Gasteiger partial charge on any atom is -0.492 e. The van der Waals surface area contributed by atoms with Crippen LogP contribution in [0.4, 0.5) is 10.1 Å². The molecule has 240 valence electrons. The molecule has 3 aromatic carbocycles. The number of carboxylic acids is 1. The average Bonchev–Trinajstić information content (AvgIpc) is 3.29. The normalized spacial score (nSPS) is 16.2. The molecule has 2 N–H and O–H groups in total. The third-order valence-corrected chi connectivity index (χ3v) is 9.17. The van der Waals surface area contributed by atoms with E-state index < -0.39 is 23.3 Å². The Morgan fingerprint density at radius 1 is 1.09 bits per heavy atom. The Hall–Kier alpha value is -3.52. The van der Waals surface area contributed by atoms with E-state index in [1.807, 2.05) is 18.2 Å². The van der Waals surface area contributed by atoms with Crippen LogP contribution in [0, 0.1) is 5.82 Å².